The van der Waals surface area contributed by atoms with Gasteiger partial charge < -0.3 is 10.1 Å². The molecule has 2 aliphatic carbocycles. The Bertz CT molecular complexity index is 433. The van der Waals surface area contributed by atoms with Crippen molar-refractivity contribution in [3.63, 3.8) is 0 Å². The number of para-hydroxylation sites is 1. The lowest BCUT2D eigenvalue weighted by Gasteiger charge is -2.39. The molecule has 1 N–H and O–H groups in total. The highest BCUT2D eigenvalue weighted by Crippen LogP contribution is 2.41. The van der Waals surface area contributed by atoms with Gasteiger partial charge in [-0.2, -0.15) is 0 Å². The van der Waals surface area contributed by atoms with Gasteiger partial charge in [0.05, 0.1) is 7.11 Å². The predicted molar refractivity (Wildman–Crippen MR) is 83.3 cm³/mol. The quantitative estimate of drug-likeness (QED) is 0.871. The number of rotatable bonds is 5. The Morgan fingerprint density at radius 3 is 2.55 bits per heavy atom. The van der Waals surface area contributed by atoms with Gasteiger partial charge in [0.15, 0.2) is 0 Å². The molecule has 2 fully saturated rings. The van der Waals surface area contributed by atoms with Crippen molar-refractivity contribution in [3.05, 3.63) is 29.8 Å². The molecule has 2 aliphatic rings. The fourth-order valence-corrected chi connectivity index (χ4v) is 3.98. The molecule has 2 nitrogen and oxygen atoms in total. The average Bonchev–Trinajstić information content (AvgIpc) is 2.96. The molecule has 110 valence electrons. The minimum absolute atomic E-state index is 0.680. The van der Waals surface area contributed by atoms with Crippen LogP contribution in [0.1, 0.15) is 56.9 Å². The van der Waals surface area contributed by atoms with E-state index in [9.17, 15) is 0 Å². The van der Waals surface area contributed by atoms with Crippen LogP contribution in [0, 0.1) is 5.92 Å². The highest BCUT2D eigenvalue weighted by molar-refractivity contribution is 5.37. The molecule has 0 bridgehead atoms. The Hall–Kier alpha value is -1.02. The molecule has 2 heteroatoms. The number of methoxy groups -OCH3 is 1. The Labute approximate surface area is 122 Å². The fourth-order valence-electron chi connectivity index (χ4n) is 3.98. The second kappa shape index (κ2) is 6.17. The summed E-state index contributed by atoms with van der Waals surface area (Å²) in [6.07, 6.45) is 8.25. The maximum atomic E-state index is 5.48. The predicted octanol–water partition coefficient (Wildman–Crippen LogP) is 4.11. The topological polar surface area (TPSA) is 21.3 Å². The molecule has 20 heavy (non-hydrogen) atoms. The first kappa shape index (κ1) is 13.9. The molecule has 1 unspecified atom stereocenters. The van der Waals surface area contributed by atoms with Crippen LogP contribution in [0.5, 0.6) is 5.75 Å². The molecule has 0 saturated heterocycles. The molecule has 0 aliphatic heterocycles. The van der Waals surface area contributed by atoms with Crippen molar-refractivity contribution in [2.45, 2.75) is 63.5 Å². The molecule has 1 aromatic carbocycles. The minimum Gasteiger partial charge on any atom is -0.496 e. The third-order valence-corrected chi connectivity index (χ3v) is 5.32. The summed E-state index contributed by atoms with van der Waals surface area (Å²) in [6, 6.07) is 9.89. The van der Waals surface area contributed by atoms with E-state index in [4.69, 9.17) is 4.74 Å². The first-order chi connectivity index (χ1) is 9.78. The van der Waals surface area contributed by atoms with E-state index in [1.54, 1.807) is 7.11 Å². The molecule has 1 atom stereocenters. The van der Waals surface area contributed by atoms with Crippen molar-refractivity contribution in [3.8, 4) is 5.75 Å². The van der Waals surface area contributed by atoms with E-state index < -0.39 is 0 Å². The van der Waals surface area contributed by atoms with Crippen LogP contribution in [0.3, 0.4) is 0 Å². The molecule has 0 spiro atoms. The fraction of sp³-hybridized carbons (Fsp3) is 0.667. The summed E-state index contributed by atoms with van der Waals surface area (Å²) in [4.78, 5) is 0. The molecule has 3 rings (SSSR count). The third-order valence-electron chi connectivity index (χ3n) is 5.32. The van der Waals surface area contributed by atoms with Crippen molar-refractivity contribution in [2.75, 3.05) is 7.11 Å². The van der Waals surface area contributed by atoms with E-state index in [-0.39, 0.29) is 0 Å². The van der Waals surface area contributed by atoms with E-state index in [1.807, 2.05) is 0 Å². The smallest absolute Gasteiger partial charge is 0.122 e. The zero-order chi connectivity index (χ0) is 13.9. The van der Waals surface area contributed by atoms with Crippen molar-refractivity contribution in [1.29, 1.82) is 0 Å². The van der Waals surface area contributed by atoms with Crippen molar-refractivity contribution in [2.24, 2.45) is 5.92 Å². The van der Waals surface area contributed by atoms with Crippen molar-refractivity contribution >= 4 is 0 Å². The van der Waals surface area contributed by atoms with Gasteiger partial charge in [0.1, 0.15) is 5.75 Å². The summed E-state index contributed by atoms with van der Waals surface area (Å²) >= 11 is 0. The summed E-state index contributed by atoms with van der Waals surface area (Å²) in [5, 5.41) is 3.85. The summed E-state index contributed by atoms with van der Waals surface area (Å²) in [5.74, 6) is 2.65. The van der Waals surface area contributed by atoms with Crippen LogP contribution in [0.2, 0.25) is 0 Å². The zero-order valence-electron chi connectivity index (χ0n) is 12.8. The first-order valence-corrected chi connectivity index (χ1v) is 8.17. The van der Waals surface area contributed by atoms with Crippen LogP contribution in [-0.2, 0) is 0 Å². The van der Waals surface area contributed by atoms with Crippen LogP contribution in [0.4, 0.5) is 0 Å². The number of nitrogens with one attached hydrogen (secondary N) is 1. The van der Waals surface area contributed by atoms with Crippen LogP contribution >= 0.6 is 0 Å². The van der Waals surface area contributed by atoms with Crippen molar-refractivity contribution in [1.82, 2.24) is 5.32 Å². The summed E-state index contributed by atoms with van der Waals surface area (Å²) in [7, 11) is 1.77. The maximum Gasteiger partial charge on any atom is 0.122 e. The molecular formula is C18H27NO. The van der Waals surface area contributed by atoms with Gasteiger partial charge in [-0.25, -0.2) is 0 Å². The summed E-state index contributed by atoms with van der Waals surface area (Å²) in [5.41, 5.74) is 1.39. The lowest BCUT2D eigenvalue weighted by molar-refractivity contribution is 0.235. The third kappa shape index (κ3) is 2.85. The van der Waals surface area contributed by atoms with Gasteiger partial charge in [-0.1, -0.05) is 31.0 Å². The Balaban J connectivity index is 1.51. The van der Waals surface area contributed by atoms with Crippen LogP contribution in [0.15, 0.2) is 24.3 Å². The number of hydrogen-bond acceptors (Lipinski definition) is 2. The van der Waals surface area contributed by atoms with Gasteiger partial charge in [-0.15, -0.1) is 0 Å². The van der Waals surface area contributed by atoms with E-state index in [2.05, 4.69) is 36.5 Å². The molecule has 0 aromatic heterocycles. The number of benzene rings is 1. The molecule has 1 aromatic rings. The first-order valence-electron chi connectivity index (χ1n) is 8.17. The highest BCUT2D eigenvalue weighted by Gasteiger charge is 2.34. The van der Waals surface area contributed by atoms with Crippen molar-refractivity contribution < 1.29 is 4.74 Å². The second-order valence-corrected chi connectivity index (χ2v) is 6.61. The molecule has 0 radical (unpaired) electrons. The van der Waals surface area contributed by atoms with E-state index >= 15 is 0 Å². The summed E-state index contributed by atoms with van der Waals surface area (Å²) < 4.78 is 5.48. The average molecular weight is 273 g/mol. The lowest BCUT2D eigenvalue weighted by Crippen LogP contribution is -2.46. The van der Waals surface area contributed by atoms with Gasteiger partial charge in [0.25, 0.3) is 0 Å². The van der Waals surface area contributed by atoms with Gasteiger partial charge in [0.2, 0.25) is 0 Å². The van der Waals surface area contributed by atoms with E-state index in [0.717, 1.165) is 11.7 Å². The van der Waals surface area contributed by atoms with Crippen LogP contribution in [-0.4, -0.2) is 19.2 Å². The lowest BCUT2D eigenvalue weighted by atomic mass is 9.75. The standard InChI is InChI=1S/C18H27NO/c1-13(14-7-3-4-8-14)19-16-11-15(12-16)17-9-5-6-10-18(17)20-2/h5-6,9-10,13-16,19H,3-4,7-8,11-12H2,1-2H3. The Morgan fingerprint density at radius 1 is 1.15 bits per heavy atom. The molecule has 2 saturated carbocycles. The summed E-state index contributed by atoms with van der Waals surface area (Å²) in [6.45, 7) is 2.38. The Kier molecular flexibility index (Phi) is 4.30. The van der Waals surface area contributed by atoms with E-state index in [0.29, 0.717) is 18.0 Å². The Morgan fingerprint density at radius 2 is 1.85 bits per heavy atom. The van der Waals surface area contributed by atoms with E-state index in [1.165, 1.54) is 44.1 Å². The zero-order valence-corrected chi connectivity index (χ0v) is 12.8. The van der Waals surface area contributed by atoms with Crippen LogP contribution < -0.4 is 10.1 Å². The van der Waals surface area contributed by atoms with Gasteiger partial charge in [-0.05, 0) is 56.1 Å². The minimum atomic E-state index is 0.680. The molecule has 0 heterocycles. The maximum absolute atomic E-state index is 5.48. The molecule has 0 amide bonds. The second-order valence-electron chi connectivity index (χ2n) is 6.61. The normalized spacial score (nSPS) is 28.1. The van der Waals surface area contributed by atoms with Gasteiger partial charge in [0, 0.05) is 12.1 Å². The largest absolute Gasteiger partial charge is 0.496 e. The van der Waals surface area contributed by atoms with Gasteiger partial charge in [-0.3, -0.25) is 0 Å². The monoisotopic (exact) mass is 273 g/mol. The number of ether oxygens (including phenoxy) is 1. The van der Waals surface area contributed by atoms with Crippen LogP contribution in [0.25, 0.3) is 0 Å². The highest BCUT2D eigenvalue weighted by atomic mass is 16.5. The SMILES string of the molecule is COc1ccccc1C1CC(NC(C)C2CCCC2)C1. The molecular weight excluding hydrogens is 246 g/mol. The number of hydrogen-bond donors (Lipinski definition) is 1. The van der Waals surface area contributed by atoms with Gasteiger partial charge >= 0.3 is 0 Å².